The number of sulfonamides is 1. The fourth-order valence-electron chi connectivity index (χ4n) is 5.43. The lowest BCUT2D eigenvalue weighted by molar-refractivity contribution is 0.106. The molecule has 8 heteroatoms. The molecule has 0 atom stereocenters. The van der Waals surface area contributed by atoms with Crippen molar-refractivity contribution < 1.29 is 13.2 Å². The minimum atomic E-state index is -3.76. The maximum atomic E-state index is 13.9. The van der Waals surface area contributed by atoms with Gasteiger partial charge in [0.25, 0.3) is 0 Å². The second-order valence-electron chi connectivity index (χ2n) is 10.1. The smallest absolute Gasteiger partial charge is 0.243 e. The Hall–Kier alpha value is -3.04. The normalized spacial score (nSPS) is 15.1. The Labute approximate surface area is 241 Å². The summed E-state index contributed by atoms with van der Waals surface area (Å²) in [6.07, 6.45) is 3.39. The van der Waals surface area contributed by atoms with Gasteiger partial charge in [0.15, 0.2) is 0 Å². The highest BCUT2D eigenvalue weighted by atomic mass is 32.2. The number of carbonyl (C=O) groups excluding carboxylic acids is 1. The number of benzene rings is 4. The second kappa shape index (κ2) is 10.7. The van der Waals surface area contributed by atoms with Crippen LogP contribution in [0.3, 0.4) is 0 Å². The maximum Gasteiger partial charge on any atom is 0.243 e. The van der Waals surface area contributed by atoms with Gasteiger partial charge in [0.2, 0.25) is 21.2 Å². The first-order valence-corrected chi connectivity index (χ1v) is 16.7. The predicted molar refractivity (Wildman–Crippen MR) is 167 cm³/mol. The molecule has 0 spiro atoms. The first-order chi connectivity index (χ1) is 19.4. The first kappa shape index (κ1) is 27.1. The molecule has 204 valence electrons. The van der Waals surface area contributed by atoms with Crippen LogP contribution in [0.4, 0.5) is 0 Å². The summed E-state index contributed by atoms with van der Waals surface area (Å²) in [7, 11) is -3.76. The van der Waals surface area contributed by atoms with Gasteiger partial charge in [0, 0.05) is 44.4 Å². The van der Waals surface area contributed by atoms with Crippen molar-refractivity contribution in [2.75, 3.05) is 13.1 Å². The van der Waals surface area contributed by atoms with Crippen LogP contribution in [0.1, 0.15) is 49.9 Å². The molecule has 0 unspecified atom stereocenters. The molecule has 0 saturated carbocycles. The van der Waals surface area contributed by atoms with Crippen molar-refractivity contribution in [2.45, 2.75) is 49.3 Å². The lowest BCUT2D eigenvalue weighted by atomic mass is 10.0. The first-order valence-electron chi connectivity index (χ1n) is 13.6. The Morgan fingerprint density at radius 1 is 0.775 bits per heavy atom. The van der Waals surface area contributed by atoms with Crippen molar-refractivity contribution in [2.24, 2.45) is 0 Å². The highest BCUT2D eigenvalue weighted by Crippen LogP contribution is 2.44. The van der Waals surface area contributed by atoms with Crippen LogP contribution >= 0.6 is 23.1 Å². The molecule has 40 heavy (non-hydrogen) atoms. The van der Waals surface area contributed by atoms with Crippen LogP contribution in [0.5, 0.6) is 0 Å². The van der Waals surface area contributed by atoms with Gasteiger partial charge in [0.05, 0.1) is 14.3 Å². The van der Waals surface area contributed by atoms with E-state index in [9.17, 15) is 18.0 Å². The fourth-order valence-corrected chi connectivity index (χ4v) is 9.49. The van der Waals surface area contributed by atoms with Gasteiger partial charge in [-0.25, -0.2) is 8.42 Å². The molecule has 5 nitrogen and oxygen atoms in total. The number of nitrogens with zero attached hydrogens (tertiary/aromatic N) is 1. The van der Waals surface area contributed by atoms with E-state index in [1.807, 2.05) is 36.4 Å². The average molecular weight is 588 g/mol. The van der Waals surface area contributed by atoms with Crippen LogP contribution in [-0.4, -0.2) is 31.6 Å². The summed E-state index contributed by atoms with van der Waals surface area (Å²) in [5.41, 5.74) is 0.406. The van der Waals surface area contributed by atoms with E-state index in [2.05, 4.69) is 13.8 Å². The molecule has 0 saturated heterocycles. The molecule has 0 radical (unpaired) electrons. The van der Waals surface area contributed by atoms with Crippen LogP contribution in [0.2, 0.25) is 0 Å². The Kier molecular flexibility index (Phi) is 7.29. The van der Waals surface area contributed by atoms with Gasteiger partial charge in [-0.2, -0.15) is 4.31 Å². The quantitative estimate of drug-likeness (QED) is 0.196. The number of fused-ring (bicyclic) bond motifs is 3. The van der Waals surface area contributed by atoms with Crippen molar-refractivity contribution in [3.8, 4) is 0 Å². The molecule has 0 amide bonds. The third-order valence-corrected chi connectivity index (χ3v) is 11.9. The molecular formula is C32H29NO4S3. The highest BCUT2D eigenvalue weighted by molar-refractivity contribution is 8.10. The van der Waals surface area contributed by atoms with Crippen molar-refractivity contribution in [3.63, 3.8) is 0 Å². The molecule has 0 fully saturated rings. The summed E-state index contributed by atoms with van der Waals surface area (Å²) >= 11 is 2.62. The number of unbranched alkanes of at least 4 members (excludes halogenated alkanes) is 2. The summed E-state index contributed by atoms with van der Waals surface area (Å²) < 4.78 is 30.6. The largest absolute Gasteiger partial charge is 0.288 e. The molecule has 0 bridgehead atoms. The highest BCUT2D eigenvalue weighted by Gasteiger charge is 2.31. The molecular weight excluding hydrogens is 559 g/mol. The molecule has 5 aromatic rings. The standard InChI is InChI=1S/C32H29NO4S3/c1-3-5-18-33(19-6-4-2)40(36,37)26-17-16-24-27-22(26)12-9-13-23(27)29(34)31(38-24)32-30(35)28-21-11-8-7-10-20(21)14-15-25(28)39-32/h7-17H,3-6,18-19H2,1-2H3. The number of hydrogen-bond donors (Lipinski definition) is 0. The zero-order valence-electron chi connectivity index (χ0n) is 22.4. The Balaban J connectivity index is 1.55. The summed E-state index contributed by atoms with van der Waals surface area (Å²) in [6.45, 7) is 5.05. The Morgan fingerprint density at radius 3 is 2.23 bits per heavy atom. The fraction of sp³-hybridized carbons (Fsp3) is 0.250. The van der Waals surface area contributed by atoms with Crippen molar-refractivity contribution in [3.05, 3.63) is 87.0 Å². The van der Waals surface area contributed by atoms with E-state index in [4.69, 9.17) is 0 Å². The SMILES string of the molecule is CCCCN(CCCC)S(=O)(=O)c1ccc2sc(=C3Sc4ccc5ccccc5c4C3=O)c(=O)c3cccc1c23. The van der Waals surface area contributed by atoms with E-state index in [0.717, 1.165) is 46.1 Å². The minimum Gasteiger partial charge on any atom is -0.288 e. The number of Topliss-reactive ketones (excluding diaryl/α,β-unsaturated/α-hetero) is 1. The number of hydrogen-bond acceptors (Lipinski definition) is 6. The van der Waals surface area contributed by atoms with E-state index in [0.29, 0.717) is 44.2 Å². The van der Waals surface area contributed by atoms with Gasteiger partial charge in [-0.15, -0.1) is 11.3 Å². The molecule has 1 aliphatic rings. The summed E-state index contributed by atoms with van der Waals surface area (Å²) in [4.78, 5) is 29.2. The lowest BCUT2D eigenvalue weighted by Gasteiger charge is -2.23. The van der Waals surface area contributed by atoms with Gasteiger partial charge < -0.3 is 0 Å². The van der Waals surface area contributed by atoms with Crippen LogP contribution in [-0.2, 0) is 10.0 Å². The molecule has 1 aliphatic heterocycles. The van der Waals surface area contributed by atoms with Gasteiger partial charge in [-0.05, 0) is 41.8 Å². The summed E-state index contributed by atoms with van der Waals surface area (Å²) in [5.74, 6) is -0.134. The Morgan fingerprint density at radius 2 is 1.48 bits per heavy atom. The zero-order valence-corrected chi connectivity index (χ0v) is 24.8. The van der Waals surface area contributed by atoms with Gasteiger partial charge in [-0.3, -0.25) is 9.59 Å². The summed E-state index contributed by atoms with van der Waals surface area (Å²) in [5, 5.41) is 3.51. The average Bonchev–Trinajstić information content (AvgIpc) is 3.31. The van der Waals surface area contributed by atoms with Crippen molar-refractivity contribution in [1.29, 1.82) is 0 Å². The summed E-state index contributed by atoms with van der Waals surface area (Å²) in [6, 6.07) is 20.5. The third kappa shape index (κ3) is 4.38. The third-order valence-electron chi connectivity index (χ3n) is 7.51. The Bertz CT molecular complexity index is 2020. The molecule has 1 aromatic heterocycles. The number of carbonyl (C=O) groups is 1. The number of thioether (sulfide) groups is 1. The molecule has 0 N–H and O–H groups in total. The van der Waals surface area contributed by atoms with Gasteiger partial charge in [0.1, 0.15) is 0 Å². The number of rotatable bonds is 8. The second-order valence-corrected chi connectivity index (χ2v) is 14.1. The zero-order chi connectivity index (χ0) is 28.0. The van der Waals surface area contributed by atoms with Crippen LogP contribution in [0, 0.1) is 0 Å². The topological polar surface area (TPSA) is 71.5 Å². The molecule has 0 aliphatic carbocycles. The van der Waals surface area contributed by atoms with Crippen molar-refractivity contribution >= 4 is 75.4 Å². The monoisotopic (exact) mass is 587 g/mol. The molecule has 6 rings (SSSR count). The van der Waals surface area contributed by atoms with E-state index < -0.39 is 10.0 Å². The van der Waals surface area contributed by atoms with Gasteiger partial charge >= 0.3 is 0 Å². The minimum absolute atomic E-state index is 0.134. The van der Waals surface area contributed by atoms with E-state index in [1.165, 1.54) is 23.1 Å². The van der Waals surface area contributed by atoms with E-state index >= 15 is 0 Å². The lowest BCUT2D eigenvalue weighted by Crippen LogP contribution is -2.33. The van der Waals surface area contributed by atoms with E-state index in [-0.39, 0.29) is 16.1 Å². The van der Waals surface area contributed by atoms with Crippen LogP contribution < -0.4 is 9.96 Å². The predicted octanol–water partition coefficient (Wildman–Crippen LogP) is 6.97. The molecule has 2 heterocycles. The molecule has 4 aromatic carbocycles. The van der Waals surface area contributed by atoms with Crippen LogP contribution in [0.15, 0.2) is 81.3 Å². The maximum absolute atomic E-state index is 13.9. The van der Waals surface area contributed by atoms with Gasteiger partial charge in [-0.1, -0.05) is 87.0 Å². The van der Waals surface area contributed by atoms with Crippen molar-refractivity contribution in [1.82, 2.24) is 4.31 Å². The number of ketones is 1. The van der Waals surface area contributed by atoms with E-state index in [1.54, 1.807) is 34.6 Å². The van der Waals surface area contributed by atoms with Crippen LogP contribution in [0.25, 0.3) is 36.5 Å².